The molecule has 21 heavy (non-hydrogen) atoms. The Labute approximate surface area is 128 Å². The van der Waals surface area contributed by atoms with Crippen molar-refractivity contribution >= 4 is 5.82 Å². The number of pyridine rings is 1. The van der Waals surface area contributed by atoms with E-state index in [1.54, 1.807) is 0 Å². The summed E-state index contributed by atoms with van der Waals surface area (Å²) < 4.78 is 0. The first kappa shape index (κ1) is 15.5. The predicted molar refractivity (Wildman–Crippen MR) is 89.2 cm³/mol. The van der Waals surface area contributed by atoms with Gasteiger partial charge in [0.2, 0.25) is 0 Å². The van der Waals surface area contributed by atoms with Crippen molar-refractivity contribution in [2.24, 2.45) is 0 Å². The molecule has 1 aromatic heterocycles. The molecule has 0 fully saturated rings. The molecule has 112 valence electrons. The minimum absolute atomic E-state index is 0.481. The van der Waals surface area contributed by atoms with Crippen molar-refractivity contribution < 1.29 is 0 Å². The Bertz CT molecular complexity index is 537. The summed E-state index contributed by atoms with van der Waals surface area (Å²) in [6.07, 6.45) is 0. The van der Waals surface area contributed by atoms with Crippen LogP contribution in [0, 0.1) is 0 Å². The maximum absolute atomic E-state index is 4.67. The van der Waals surface area contributed by atoms with Crippen LogP contribution < -0.4 is 5.32 Å². The molecule has 1 aromatic carbocycles. The van der Waals surface area contributed by atoms with E-state index in [0.717, 1.165) is 31.1 Å². The van der Waals surface area contributed by atoms with Gasteiger partial charge in [0.1, 0.15) is 5.82 Å². The van der Waals surface area contributed by atoms with Crippen LogP contribution in [-0.4, -0.2) is 22.5 Å². The zero-order valence-corrected chi connectivity index (χ0v) is 13.2. The maximum Gasteiger partial charge on any atom is 0.126 e. The van der Waals surface area contributed by atoms with Gasteiger partial charge in [0.05, 0.1) is 5.69 Å². The van der Waals surface area contributed by atoms with E-state index in [-0.39, 0.29) is 0 Å². The average Bonchev–Trinajstić information content (AvgIpc) is 2.48. The Morgan fingerprint density at radius 1 is 1.00 bits per heavy atom. The molecule has 0 atom stereocenters. The molecule has 1 heterocycles. The summed E-state index contributed by atoms with van der Waals surface area (Å²) in [4.78, 5) is 7.11. The molecule has 0 amide bonds. The Hall–Kier alpha value is -1.87. The molecule has 0 aliphatic heterocycles. The molecule has 1 N–H and O–H groups in total. The smallest absolute Gasteiger partial charge is 0.126 e. The lowest BCUT2D eigenvalue weighted by Gasteiger charge is -2.26. The van der Waals surface area contributed by atoms with Crippen LogP contribution in [0.3, 0.4) is 0 Å². The second-order valence-electron chi connectivity index (χ2n) is 5.53. The Morgan fingerprint density at radius 3 is 2.43 bits per heavy atom. The lowest BCUT2D eigenvalue weighted by Crippen LogP contribution is -2.30. The number of nitrogens with one attached hydrogen (secondary N) is 1. The minimum Gasteiger partial charge on any atom is -0.370 e. The lowest BCUT2D eigenvalue weighted by molar-refractivity contribution is 0.201. The number of aromatic nitrogens is 1. The van der Waals surface area contributed by atoms with E-state index >= 15 is 0 Å². The summed E-state index contributed by atoms with van der Waals surface area (Å²) >= 11 is 0. The Morgan fingerprint density at radius 2 is 1.76 bits per heavy atom. The van der Waals surface area contributed by atoms with Gasteiger partial charge < -0.3 is 5.32 Å². The summed E-state index contributed by atoms with van der Waals surface area (Å²) in [5, 5.41) is 3.27. The van der Waals surface area contributed by atoms with E-state index in [0.29, 0.717) is 6.04 Å². The molecule has 2 aromatic rings. The molecule has 0 saturated heterocycles. The number of benzene rings is 1. The fraction of sp³-hybridized carbons (Fsp3) is 0.389. The van der Waals surface area contributed by atoms with Crippen LogP contribution in [0.2, 0.25) is 0 Å². The van der Waals surface area contributed by atoms with Crippen LogP contribution in [-0.2, 0) is 13.1 Å². The third-order valence-electron chi connectivity index (χ3n) is 3.49. The highest BCUT2D eigenvalue weighted by atomic mass is 15.2. The van der Waals surface area contributed by atoms with E-state index in [1.807, 2.05) is 6.07 Å². The van der Waals surface area contributed by atoms with Crippen molar-refractivity contribution in [1.29, 1.82) is 0 Å². The van der Waals surface area contributed by atoms with Gasteiger partial charge >= 0.3 is 0 Å². The molecule has 2 rings (SSSR count). The quantitative estimate of drug-likeness (QED) is 0.834. The summed E-state index contributed by atoms with van der Waals surface area (Å²) in [6, 6.07) is 17.3. The SMILES string of the molecule is CCNc1cccc(CN(Cc2ccccc2)C(C)C)n1. The highest BCUT2D eigenvalue weighted by molar-refractivity contribution is 5.35. The number of hydrogen-bond donors (Lipinski definition) is 1. The second kappa shape index (κ2) is 7.79. The van der Waals surface area contributed by atoms with Gasteiger partial charge in [-0.25, -0.2) is 4.98 Å². The molecule has 0 spiro atoms. The van der Waals surface area contributed by atoms with Crippen LogP contribution in [0.4, 0.5) is 5.82 Å². The molecule has 0 aliphatic rings. The molecular formula is C18H25N3. The van der Waals surface area contributed by atoms with Crippen LogP contribution in [0.5, 0.6) is 0 Å². The summed E-state index contributed by atoms with van der Waals surface area (Å²) in [6.45, 7) is 9.27. The van der Waals surface area contributed by atoms with Crippen molar-refractivity contribution in [3.05, 3.63) is 59.8 Å². The van der Waals surface area contributed by atoms with Crippen molar-refractivity contribution in [2.45, 2.75) is 39.9 Å². The third kappa shape index (κ3) is 4.87. The maximum atomic E-state index is 4.67. The largest absolute Gasteiger partial charge is 0.370 e. The number of anilines is 1. The van der Waals surface area contributed by atoms with Crippen LogP contribution in [0.15, 0.2) is 48.5 Å². The van der Waals surface area contributed by atoms with Crippen LogP contribution in [0.25, 0.3) is 0 Å². The first-order valence-corrected chi connectivity index (χ1v) is 7.67. The Balaban J connectivity index is 2.07. The van der Waals surface area contributed by atoms with Gasteiger partial charge in [-0.2, -0.15) is 0 Å². The second-order valence-corrected chi connectivity index (χ2v) is 5.53. The van der Waals surface area contributed by atoms with Crippen molar-refractivity contribution in [3.8, 4) is 0 Å². The fourth-order valence-corrected chi connectivity index (χ4v) is 2.29. The summed E-state index contributed by atoms with van der Waals surface area (Å²) in [5.74, 6) is 0.957. The van der Waals surface area contributed by atoms with E-state index in [4.69, 9.17) is 0 Å². The first-order chi connectivity index (χ1) is 10.2. The molecule has 0 aliphatic carbocycles. The van der Waals surface area contributed by atoms with E-state index < -0.39 is 0 Å². The standard InChI is InChI=1S/C18H25N3/c1-4-19-18-12-8-11-17(20-18)14-21(15(2)3)13-16-9-6-5-7-10-16/h5-12,15H,4,13-14H2,1-3H3,(H,19,20). The topological polar surface area (TPSA) is 28.2 Å². The first-order valence-electron chi connectivity index (χ1n) is 7.67. The zero-order valence-electron chi connectivity index (χ0n) is 13.2. The Kier molecular flexibility index (Phi) is 5.76. The number of hydrogen-bond acceptors (Lipinski definition) is 3. The van der Waals surface area contributed by atoms with Gasteiger partial charge in [-0.05, 0) is 38.5 Å². The highest BCUT2D eigenvalue weighted by Gasteiger charge is 2.11. The van der Waals surface area contributed by atoms with E-state index in [2.05, 4.69) is 78.4 Å². The average molecular weight is 283 g/mol. The fourth-order valence-electron chi connectivity index (χ4n) is 2.29. The van der Waals surface area contributed by atoms with Gasteiger partial charge in [0.15, 0.2) is 0 Å². The van der Waals surface area contributed by atoms with E-state index in [9.17, 15) is 0 Å². The molecule has 0 bridgehead atoms. The highest BCUT2D eigenvalue weighted by Crippen LogP contribution is 2.13. The number of rotatable bonds is 7. The zero-order chi connectivity index (χ0) is 15.1. The van der Waals surface area contributed by atoms with Crippen LogP contribution >= 0.6 is 0 Å². The number of nitrogens with zero attached hydrogens (tertiary/aromatic N) is 2. The molecule has 0 radical (unpaired) electrons. The molecule has 3 nitrogen and oxygen atoms in total. The molecule has 0 saturated carbocycles. The molecule has 3 heteroatoms. The normalized spacial score (nSPS) is 11.1. The van der Waals surface area contributed by atoms with Gasteiger partial charge in [-0.3, -0.25) is 4.90 Å². The van der Waals surface area contributed by atoms with Gasteiger partial charge in [0, 0.05) is 25.7 Å². The lowest BCUT2D eigenvalue weighted by atomic mass is 10.2. The molecular weight excluding hydrogens is 258 g/mol. The summed E-state index contributed by atoms with van der Waals surface area (Å²) in [7, 11) is 0. The van der Waals surface area contributed by atoms with Crippen molar-refractivity contribution in [3.63, 3.8) is 0 Å². The van der Waals surface area contributed by atoms with Crippen molar-refractivity contribution in [2.75, 3.05) is 11.9 Å². The monoisotopic (exact) mass is 283 g/mol. The van der Waals surface area contributed by atoms with Crippen LogP contribution in [0.1, 0.15) is 32.0 Å². The predicted octanol–water partition coefficient (Wildman–Crippen LogP) is 3.92. The third-order valence-corrected chi connectivity index (χ3v) is 3.49. The summed E-state index contributed by atoms with van der Waals surface area (Å²) in [5.41, 5.74) is 2.45. The van der Waals surface area contributed by atoms with Crippen molar-refractivity contribution in [1.82, 2.24) is 9.88 Å². The van der Waals surface area contributed by atoms with E-state index in [1.165, 1.54) is 5.56 Å². The molecule has 0 unspecified atom stereocenters. The minimum atomic E-state index is 0.481. The van der Waals surface area contributed by atoms with Gasteiger partial charge in [-0.15, -0.1) is 0 Å². The van der Waals surface area contributed by atoms with Gasteiger partial charge in [-0.1, -0.05) is 36.4 Å². The van der Waals surface area contributed by atoms with Gasteiger partial charge in [0.25, 0.3) is 0 Å².